The van der Waals surface area contributed by atoms with E-state index >= 15 is 0 Å². The van der Waals surface area contributed by atoms with Crippen molar-refractivity contribution in [1.82, 2.24) is 5.43 Å². The van der Waals surface area contributed by atoms with Crippen LogP contribution in [0.15, 0.2) is 65.8 Å². The summed E-state index contributed by atoms with van der Waals surface area (Å²) < 4.78 is 11.2. The average molecular weight is 486 g/mol. The van der Waals surface area contributed by atoms with Crippen molar-refractivity contribution in [2.45, 2.75) is 13.5 Å². The Morgan fingerprint density at radius 1 is 1.00 bits per heavy atom. The molecule has 3 aromatic carbocycles. The van der Waals surface area contributed by atoms with Crippen LogP contribution in [0, 0.1) is 0 Å². The molecule has 3 aromatic rings. The predicted molar refractivity (Wildman–Crippen MR) is 130 cm³/mol. The number of methoxy groups -OCH3 is 1. The number of nitrogens with one attached hydrogen (secondary N) is 2. The third kappa shape index (κ3) is 6.97. The zero-order valence-electron chi connectivity index (χ0n) is 17.9. The molecule has 0 aliphatic carbocycles. The van der Waals surface area contributed by atoms with Gasteiger partial charge in [-0.2, -0.15) is 5.10 Å². The Labute approximate surface area is 201 Å². The molecule has 9 heteroatoms. The fourth-order valence-electron chi connectivity index (χ4n) is 2.85. The molecule has 0 bridgehead atoms. The van der Waals surface area contributed by atoms with Gasteiger partial charge in [-0.1, -0.05) is 35.3 Å². The van der Waals surface area contributed by atoms with E-state index in [1.165, 1.54) is 20.2 Å². The van der Waals surface area contributed by atoms with Crippen LogP contribution in [0.4, 0.5) is 5.69 Å². The van der Waals surface area contributed by atoms with Crippen molar-refractivity contribution in [2.24, 2.45) is 5.10 Å². The molecule has 0 radical (unpaired) electrons. The summed E-state index contributed by atoms with van der Waals surface area (Å²) in [7, 11) is 1.53. The molecule has 0 saturated carbocycles. The van der Waals surface area contributed by atoms with Gasteiger partial charge >= 0.3 is 0 Å². The topological polar surface area (TPSA) is 89.0 Å². The number of hydrazone groups is 1. The number of carbonyl (C=O) groups is 2. The van der Waals surface area contributed by atoms with Gasteiger partial charge in [0.25, 0.3) is 5.91 Å². The monoisotopic (exact) mass is 485 g/mol. The second-order valence-corrected chi connectivity index (χ2v) is 7.72. The molecule has 170 valence electrons. The third-order valence-corrected chi connectivity index (χ3v) is 5.13. The molecular formula is C24H21Cl2N3O4. The van der Waals surface area contributed by atoms with Crippen LogP contribution in [0.5, 0.6) is 11.5 Å². The molecule has 0 aliphatic rings. The highest BCUT2D eigenvalue weighted by Gasteiger charge is 2.08. The highest BCUT2D eigenvalue weighted by Crippen LogP contribution is 2.29. The molecule has 2 amide bonds. The van der Waals surface area contributed by atoms with E-state index in [1.54, 1.807) is 54.6 Å². The fourth-order valence-corrected chi connectivity index (χ4v) is 3.17. The molecular weight excluding hydrogens is 465 g/mol. The Kier molecular flexibility index (Phi) is 8.29. The number of ether oxygens (including phenoxy) is 2. The van der Waals surface area contributed by atoms with Crippen LogP contribution < -0.4 is 20.2 Å². The molecule has 0 fully saturated rings. The standard InChI is InChI=1S/C24H21Cl2N3O4/c1-15(30)28-19-5-3-4-18(12-19)24(31)29-27-13-16-7-9-22(23(11-16)32-2)33-14-17-6-8-20(25)21(26)10-17/h3-13H,14H2,1-2H3,(H,28,30)(H,29,31). The van der Waals surface area contributed by atoms with Crippen molar-refractivity contribution in [3.05, 3.63) is 87.4 Å². The summed E-state index contributed by atoms with van der Waals surface area (Å²) in [5.74, 6) is 0.420. The molecule has 0 aliphatic heterocycles. The lowest BCUT2D eigenvalue weighted by Gasteiger charge is -2.11. The molecule has 33 heavy (non-hydrogen) atoms. The van der Waals surface area contributed by atoms with Gasteiger partial charge in [0.15, 0.2) is 11.5 Å². The van der Waals surface area contributed by atoms with Gasteiger partial charge in [-0.3, -0.25) is 9.59 Å². The van der Waals surface area contributed by atoms with E-state index in [1.807, 2.05) is 6.07 Å². The fraction of sp³-hybridized carbons (Fsp3) is 0.125. The highest BCUT2D eigenvalue weighted by molar-refractivity contribution is 6.42. The number of hydrogen-bond acceptors (Lipinski definition) is 5. The third-order valence-electron chi connectivity index (χ3n) is 4.39. The smallest absolute Gasteiger partial charge is 0.271 e. The summed E-state index contributed by atoms with van der Waals surface area (Å²) in [5.41, 5.74) is 4.91. The largest absolute Gasteiger partial charge is 0.493 e. The molecule has 0 aromatic heterocycles. The lowest BCUT2D eigenvalue weighted by atomic mass is 10.2. The van der Waals surface area contributed by atoms with Crippen molar-refractivity contribution in [3.8, 4) is 11.5 Å². The first-order valence-electron chi connectivity index (χ1n) is 9.81. The maximum absolute atomic E-state index is 12.3. The molecule has 0 atom stereocenters. The van der Waals surface area contributed by atoms with Gasteiger partial charge in [-0.25, -0.2) is 5.43 Å². The summed E-state index contributed by atoms with van der Waals surface area (Å²) in [5, 5.41) is 7.56. The zero-order chi connectivity index (χ0) is 23.8. The highest BCUT2D eigenvalue weighted by atomic mass is 35.5. The quantitative estimate of drug-likeness (QED) is 0.334. The number of amides is 2. The van der Waals surface area contributed by atoms with Gasteiger partial charge in [0.05, 0.1) is 23.4 Å². The Balaban J connectivity index is 1.62. The summed E-state index contributed by atoms with van der Waals surface area (Å²) in [6.07, 6.45) is 1.49. The maximum Gasteiger partial charge on any atom is 0.271 e. The van der Waals surface area contributed by atoms with E-state index < -0.39 is 5.91 Å². The summed E-state index contributed by atoms with van der Waals surface area (Å²) >= 11 is 12.0. The SMILES string of the molecule is COc1cc(C=NNC(=O)c2cccc(NC(C)=O)c2)ccc1OCc1ccc(Cl)c(Cl)c1. The lowest BCUT2D eigenvalue weighted by Crippen LogP contribution is -2.18. The van der Waals surface area contributed by atoms with Crippen LogP contribution in [0.1, 0.15) is 28.4 Å². The van der Waals surface area contributed by atoms with Gasteiger partial charge in [0.2, 0.25) is 5.91 Å². The van der Waals surface area contributed by atoms with Gasteiger partial charge < -0.3 is 14.8 Å². The maximum atomic E-state index is 12.3. The Morgan fingerprint density at radius 2 is 1.82 bits per heavy atom. The van der Waals surface area contributed by atoms with Crippen LogP contribution in [-0.2, 0) is 11.4 Å². The van der Waals surface area contributed by atoms with Crippen LogP contribution in [0.25, 0.3) is 0 Å². The van der Waals surface area contributed by atoms with Gasteiger partial charge in [0, 0.05) is 18.2 Å². The summed E-state index contributed by atoms with van der Waals surface area (Å²) in [4.78, 5) is 23.5. The lowest BCUT2D eigenvalue weighted by molar-refractivity contribution is -0.114. The first kappa shape index (κ1) is 24.1. The van der Waals surface area contributed by atoms with E-state index in [0.717, 1.165) is 5.56 Å². The minimum atomic E-state index is -0.410. The van der Waals surface area contributed by atoms with E-state index in [9.17, 15) is 9.59 Å². The molecule has 7 nitrogen and oxygen atoms in total. The van der Waals surface area contributed by atoms with Gasteiger partial charge in [-0.05, 0) is 59.7 Å². The van der Waals surface area contributed by atoms with E-state index in [4.69, 9.17) is 32.7 Å². The number of carbonyl (C=O) groups excluding carboxylic acids is 2. The van der Waals surface area contributed by atoms with Crippen molar-refractivity contribution >= 4 is 46.9 Å². The second kappa shape index (κ2) is 11.4. The first-order valence-corrected chi connectivity index (χ1v) is 10.6. The summed E-state index contributed by atoms with van der Waals surface area (Å²) in [6.45, 7) is 1.68. The molecule has 0 spiro atoms. The number of rotatable bonds is 8. The number of halogens is 2. The van der Waals surface area contributed by atoms with E-state index in [-0.39, 0.29) is 12.5 Å². The van der Waals surface area contributed by atoms with Crippen LogP contribution in [0.3, 0.4) is 0 Å². The Hall–Kier alpha value is -3.55. The van der Waals surface area contributed by atoms with Crippen molar-refractivity contribution in [3.63, 3.8) is 0 Å². The van der Waals surface area contributed by atoms with Crippen LogP contribution in [-0.4, -0.2) is 25.1 Å². The minimum Gasteiger partial charge on any atom is -0.493 e. The van der Waals surface area contributed by atoms with E-state index in [2.05, 4.69) is 15.8 Å². The zero-order valence-corrected chi connectivity index (χ0v) is 19.4. The number of benzene rings is 3. The summed E-state index contributed by atoms with van der Waals surface area (Å²) in [6, 6.07) is 17.1. The molecule has 3 rings (SSSR count). The number of hydrogen-bond donors (Lipinski definition) is 2. The average Bonchev–Trinajstić information content (AvgIpc) is 2.80. The molecule has 0 saturated heterocycles. The van der Waals surface area contributed by atoms with Crippen molar-refractivity contribution in [2.75, 3.05) is 12.4 Å². The van der Waals surface area contributed by atoms with Crippen LogP contribution >= 0.6 is 23.2 Å². The van der Waals surface area contributed by atoms with Crippen molar-refractivity contribution < 1.29 is 19.1 Å². The van der Waals surface area contributed by atoms with Gasteiger partial charge in [0.1, 0.15) is 6.61 Å². The molecule has 0 unspecified atom stereocenters. The number of nitrogens with zero attached hydrogens (tertiary/aromatic N) is 1. The number of anilines is 1. The predicted octanol–water partition coefficient (Wildman–Crippen LogP) is 5.30. The second-order valence-electron chi connectivity index (χ2n) is 6.91. The van der Waals surface area contributed by atoms with Crippen LogP contribution in [0.2, 0.25) is 10.0 Å². The normalized spacial score (nSPS) is 10.7. The molecule has 0 heterocycles. The first-order chi connectivity index (χ1) is 15.9. The van der Waals surface area contributed by atoms with Gasteiger partial charge in [-0.15, -0.1) is 0 Å². The van der Waals surface area contributed by atoms with Crippen molar-refractivity contribution in [1.29, 1.82) is 0 Å². The minimum absolute atomic E-state index is 0.219. The Bertz CT molecular complexity index is 1200. The Morgan fingerprint density at radius 3 is 2.55 bits per heavy atom. The molecule has 2 N–H and O–H groups in total. The van der Waals surface area contributed by atoms with E-state index in [0.29, 0.717) is 38.4 Å².